The second-order valence-corrected chi connectivity index (χ2v) is 6.59. The molecule has 0 spiro atoms. The minimum atomic E-state index is -0.593. The van der Waals surface area contributed by atoms with E-state index in [1.165, 1.54) is 0 Å². The quantitative estimate of drug-likeness (QED) is 0.746. The van der Waals surface area contributed by atoms with E-state index in [1.807, 2.05) is 30.3 Å². The monoisotopic (exact) mass is 364 g/mol. The fourth-order valence-electron chi connectivity index (χ4n) is 3.73. The van der Waals surface area contributed by atoms with Crippen LogP contribution in [0.25, 0.3) is 10.9 Å². The second-order valence-electron chi connectivity index (χ2n) is 6.59. The van der Waals surface area contributed by atoms with Crippen LogP contribution in [0, 0.1) is 0 Å². The molecule has 2 heterocycles. The standard InChI is InChI=1S/C21H20N2O4/c1-27-16-10-3-2-6-14(16)12-22-20(25)17-19(24)15-9-4-7-13-8-5-11-23(18(13)15)21(17)26/h2-4,6-7,9-10,24H,5,8,11-12H2,1H3,(H,22,25). The Kier molecular flexibility index (Phi) is 4.32. The molecule has 2 N–H and O–H groups in total. The van der Waals surface area contributed by atoms with E-state index in [9.17, 15) is 14.7 Å². The number of nitrogens with one attached hydrogen (secondary N) is 1. The van der Waals surface area contributed by atoms with Crippen molar-refractivity contribution in [2.45, 2.75) is 25.9 Å². The van der Waals surface area contributed by atoms with Gasteiger partial charge in [-0.25, -0.2) is 0 Å². The summed E-state index contributed by atoms with van der Waals surface area (Å²) in [6.07, 6.45) is 1.69. The summed E-state index contributed by atoms with van der Waals surface area (Å²) in [6.45, 7) is 0.735. The fourth-order valence-corrected chi connectivity index (χ4v) is 3.73. The Bertz CT molecular complexity index is 1100. The number of amides is 1. The van der Waals surface area contributed by atoms with E-state index in [0.29, 0.717) is 17.7 Å². The van der Waals surface area contributed by atoms with Crippen LogP contribution in [0.5, 0.6) is 11.5 Å². The summed E-state index contributed by atoms with van der Waals surface area (Å²) in [7, 11) is 1.56. The molecule has 27 heavy (non-hydrogen) atoms. The molecule has 6 nitrogen and oxygen atoms in total. The Morgan fingerprint density at radius 1 is 1.22 bits per heavy atom. The molecule has 0 saturated heterocycles. The van der Waals surface area contributed by atoms with Gasteiger partial charge in [0.2, 0.25) is 0 Å². The lowest BCUT2D eigenvalue weighted by Crippen LogP contribution is -2.34. The first-order valence-electron chi connectivity index (χ1n) is 8.89. The molecule has 0 aliphatic carbocycles. The summed E-state index contributed by atoms with van der Waals surface area (Å²) in [4.78, 5) is 25.7. The molecule has 4 rings (SSSR count). The number of rotatable bonds is 4. The number of carbonyl (C=O) groups excluding carboxylic acids is 1. The predicted octanol–water partition coefficient (Wildman–Crippen LogP) is 2.59. The number of para-hydroxylation sites is 2. The number of hydrogen-bond acceptors (Lipinski definition) is 4. The molecular weight excluding hydrogens is 344 g/mol. The molecule has 6 heteroatoms. The van der Waals surface area contributed by atoms with E-state index in [2.05, 4.69) is 5.32 Å². The highest BCUT2D eigenvalue weighted by Gasteiger charge is 2.25. The van der Waals surface area contributed by atoms with Gasteiger partial charge in [-0.2, -0.15) is 0 Å². The first-order chi connectivity index (χ1) is 13.1. The van der Waals surface area contributed by atoms with Crippen LogP contribution in [-0.4, -0.2) is 22.7 Å². The minimum Gasteiger partial charge on any atom is -0.506 e. The molecule has 1 aliphatic rings. The maximum Gasteiger partial charge on any atom is 0.267 e. The van der Waals surface area contributed by atoms with Crippen LogP contribution in [0.1, 0.15) is 27.9 Å². The Morgan fingerprint density at radius 2 is 2.04 bits per heavy atom. The summed E-state index contributed by atoms with van der Waals surface area (Å²) in [5, 5.41) is 13.9. The average molecular weight is 364 g/mol. The summed E-state index contributed by atoms with van der Waals surface area (Å²) in [5.74, 6) is -0.199. The molecule has 138 valence electrons. The van der Waals surface area contributed by atoms with Crippen molar-refractivity contribution in [1.29, 1.82) is 0 Å². The van der Waals surface area contributed by atoms with Crippen LogP contribution in [0.4, 0.5) is 0 Å². The van der Waals surface area contributed by atoms with Crippen molar-refractivity contribution in [1.82, 2.24) is 9.88 Å². The first-order valence-corrected chi connectivity index (χ1v) is 8.89. The van der Waals surface area contributed by atoms with Gasteiger partial charge in [0.15, 0.2) is 0 Å². The number of pyridine rings is 1. The van der Waals surface area contributed by atoms with E-state index in [4.69, 9.17) is 4.74 Å². The smallest absolute Gasteiger partial charge is 0.267 e. The van der Waals surface area contributed by atoms with Crippen LogP contribution in [0.2, 0.25) is 0 Å². The zero-order valence-corrected chi connectivity index (χ0v) is 15.0. The lowest BCUT2D eigenvalue weighted by atomic mass is 9.99. The Labute approximate surface area is 156 Å². The number of hydrogen-bond donors (Lipinski definition) is 2. The summed E-state index contributed by atoms with van der Waals surface area (Å²) < 4.78 is 6.88. The third-order valence-electron chi connectivity index (χ3n) is 5.03. The summed E-state index contributed by atoms with van der Waals surface area (Å²) in [5.41, 5.74) is 1.87. The molecule has 1 aromatic heterocycles. The van der Waals surface area contributed by atoms with E-state index in [0.717, 1.165) is 29.5 Å². The molecule has 0 fully saturated rings. The van der Waals surface area contributed by atoms with Crippen molar-refractivity contribution >= 4 is 16.8 Å². The van der Waals surface area contributed by atoms with Crippen molar-refractivity contribution in [2.75, 3.05) is 7.11 Å². The first kappa shape index (κ1) is 17.1. The molecule has 0 bridgehead atoms. The molecule has 0 atom stereocenters. The van der Waals surface area contributed by atoms with Crippen LogP contribution in [0.3, 0.4) is 0 Å². The van der Waals surface area contributed by atoms with Gasteiger partial charge in [-0.15, -0.1) is 0 Å². The highest BCUT2D eigenvalue weighted by Crippen LogP contribution is 2.31. The largest absolute Gasteiger partial charge is 0.506 e. The molecule has 1 amide bonds. The lowest BCUT2D eigenvalue weighted by molar-refractivity contribution is 0.0946. The maximum atomic E-state index is 12.9. The summed E-state index contributed by atoms with van der Waals surface area (Å²) >= 11 is 0. The molecule has 3 aromatic rings. The predicted molar refractivity (Wildman–Crippen MR) is 102 cm³/mol. The number of aromatic nitrogens is 1. The van der Waals surface area contributed by atoms with Crippen LogP contribution in [0.15, 0.2) is 47.3 Å². The zero-order valence-electron chi connectivity index (χ0n) is 15.0. The van der Waals surface area contributed by atoms with Crippen LogP contribution < -0.4 is 15.6 Å². The number of carbonyl (C=O) groups is 1. The van der Waals surface area contributed by atoms with Gasteiger partial charge in [-0.3, -0.25) is 9.59 Å². The number of aromatic hydroxyl groups is 1. The van der Waals surface area contributed by atoms with Crippen molar-refractivity contribution in [3.05, 3.63) is 69.5 Å². The van der Waals surface area contributed by atoms with Crippen molar-refractivity contribution in [2.24, 2.45) is 0 Å². The second kappa shape index (κ2) is 6.79. The molecule has 0 saturated carbocycles. The van der Waals surface area contributed by atoms with E-state index in [-0.39, 0.29) is 17.9 Å². The van der Waals surface area contributed by atoms with Crippen molar-refractivity contribution in [3.8, 4) is 11.5 Å². The lowest BCUT2D eigenvalue weighted by Gasteiger charge is -2.21. The van der Waals surface area contributed by atoms with Gasteiger partial charge in [0.1, 0.15) is 17.1 Å². The molecular formula is C21H20N2O4. The minimum absolute atomic E-state index is 0.194. The van der Waals surface area contributed by atoms with Gasteiger partial charge < -0.3 is 19.7 Å². The van der Waals surface area contributed by atoms with Gasteiger partial charge in [0, 0.05) is 24.0 Å². The molecule has 1 aliphatic heterocycles. The highest BCUT2D eigenvalue weighted by molar-refractivity contribution is 6.03. The van der Waals surface area contributed by atoms with E-state index >= 15 is 0 Å². The Morgan fingerprint density at radius 3 is 2.85 bits per heavy atom. The van der Waals surface area contributed by atoms with Gasteiger partial charge in [-0.1, -0.05) is 30.3 Å². The zero-order chi connectivity index (χ0) is 19.0. The third kappa shape index (κ3) is 2.83. The van der Waals surface area contributed by atoms with Crippen molar-refractivity contribution in [3.63, 3.8) is 0 Å². The van der Waals surface area contributed by atoms with Crippen LogP contribution >= 0.6 is 0 Å². The highest BCUT2D eigenvalue weighted by atomic mass is 16.5. The normalized spacial score (nSPS) is 12.8. The Balaban J connectivity index is 1.74. The molecule has 2 aromatic carbocycles. The third-order valence-corrected chi connectivity index (χ3v) is 5.03. The van der Waals surface area contributed by atoms with Gasteiger partial charge in [-0.05, 0) is 30.5 Å². The van der Waals surface area contributed by atoms with Gasteiger partial charge in [0.25, 0.3) is 11.5 Å². The van der Waals surface area contributed by atoms with E-state index < -0.39 is 11.5 Å². The molecule has 0 radical (unpaired) electrons. The van der Waals surface area contributed by atoms with Crippen LogP contribution in [-0.2, 0) is 19.5 Å². The number of benzene rings is 2. The average Bonchev–Trinajstić information content (AvgIpc) is 2.70. The number of methoxy groups -OCH3 is 1. The summed E-state index contributed by atoms with van der Waals surface area (Å²) in [6, 6.07) is 12.9. The maximum absolute atomic E-state index is 12.9. The van der Waals surface area contributed by atoms with Crippen molar-refractivity contribution < 1.29 is 14.6 Å². The SMILES string of the molecule is COc1ccccc1CNC(=O)c1c(O)c2cccc3c2n(c1=O)CCC3. The van der Waals surface area contributed by atoms with Gasteiger partial charge in [0.05, 0.1) is 12.6 Å². The van der Waals surface area contributed by atoms with Gasteiger partial charge >= 0.3 is 0 Å². The topological polar surface area (TPSA) is 80.6 Å². The number of nitrogens with zero attached hydrogens (tertiary/aromatic N) is 1. The number of aryl methyl sites for hydroxylation is 2. The Hall–Kier alpha value is -3.28. The fraction of sp³-hybridized carbons (Fsp3) is 0.238. The number of ether oxygens (including phenoxy) is 1. The van der Waals surface area contributed by atoms with E-state index in [1.54, 1.807) is 23.8 Å². The molecule has 0 unspecified atom stereocenters.